The molecule has 0 aliphatic rings. The molecule has 0 bridgehead atoms. The summed E-state index contributed by atoms with van der Waals surface area (Å²) in [6, 6.07) is 7.86. The molecule has 2 N–H and O–H groups in total. The van der Waals surface area contributed by atoms with Crippen molar-refractivity contribution in [3.8, 4) is 0 Å². The summed E-state index contributed by atoms with van der Waals surface area (Å²) in [5.41, 5.74) is 7.15. The summed E-state index contributed by atoms with van der Waals surface area (Å²) in [6.45, 7) is 3.70. The molecule has 0 aliphatic heterocycles. The van der Waals surface area contributed by atoms with Crippen LogP contribution in [0.5, 0.6) is 0 Å². The lowest BCUT2D eigenvalue weighted by atomic mass is 9.92. The van der Waals surface area contributed by atoms with Crippen molar-refractivity contribution in [1.82, 2.24) is 9.55 Å². The first-order chi connectivity index (χ1) is 8.45. The third kappa shape index (κ3) is 2.16. The topological polar surface area (TPSA) is 60.9 Å². The lowest BCUT2D eigenvalue weighted by Crippen LogP contribution is -2.45. The first-order valence-electron chi connectivity index (χ1n) is 6.18. The zero-order valence-corrected chi connectivity index (χ0v) is 11.1. The normalized spacial score (nSPS) is 14.7. The van der Waals surface area contributed by atoms with E-state index >= 15 is 0 Å². The van der Waals surface area contributed by atoms with Gasteiger partial charge in [-0.2, -0.15) is 0 Å². The summed E-state index contributed by atoms with van der Waals surface area (Å²) in [4.78, 5) is 16.6. The van der Waals surface area contributed by atoms with Crippen molar-refractivity contribution in [3.63, 3.8) is 0 Å². The third-order valence-corrected chi connectivity index (χ3v) is 3.57. The Bertz CT molecular complexity index is 584. The summed E-state index contributed by atoms with van der Waals surface area (Å²) in [5.74, 6) is 0.801. The number of nitrogens with zero attached hydrogens (tertiary/aromatic N) is 2. The van der Waals surface area contributed by atoms with Gasteiger partial charge in [0.2, 0.25) is 0 Å². The van der Waals surface area contributed by atoms with Gasteiger partial charge in [-0.15, -0.1) is 0 Å². The molecule has 1 heterocycles. The Balaban J connectivity index is 2.33. The smallest absolute Gasteiger partial charge is 0.159 e. The van der Waals surface area contributed by atoms with E-state index in [1.807, 2.05) is 42.8 Å². The minimum atomic E-state index is -0.766. The zero-order chi connectivity index (χ0) is 13.3. The second-order valence-electron chi connectivity index (χ2n) is 4.95. The number of imidazole rings is 1. The van der Waals surface area contributed by atoms with Crippen LogP contribution in [0.1, 0.15) is 26.1 Å². The fraction of sp³-hybridized carbons (Fsp3) is 0.429. The van der Waals surface area contributed by atoms with Crippen molar-refractivity contribution < 1.29 is 4.79 Å². The number of nitrogens with two attached hydrogens (primary N) is 1. The molecule has 1 unspecified atom stereocenters. The molecule has 0 saturated heterocycles. The predicted molar refractivity (Wildman–Crippen MR) is 72.3 cm³/mol. The lowest BCUT2D eigenvalue weighted by molar-refractivity contribution is -0.123. The van der Waals surface area contributed by atoms with E-state index in [4.69, 9.17) is 5.73 Å². The number of aromatic nitrogens is 2. The maximum atomic E-state index is 12.1. The minimum absolute atomic E-state index is 0.0309. The molecule has 1 aromatic heterocycles. The number of ketones is 1. The van der Waals surface area contributed by atoms with E-state index in [9.17, 15) is 4.79 Å². The highest BCUT2D eigenvalue weighted by molar-refractivity contribution is 5.89. The Hall–Kier alpha value is -1.68. The van der Waals surface area contributed by atoms with Crippen LogP contribution in [0.3, 0.4) is 0 Å². The van der Waals surface area contributed by atoms with Crippen LogP contribution in [0.25, 0.3) is 11.0 Å². The van der Waals surface area contributed by atoms with Gasteiger partial charge in [0.15, 0.2) is 5.78 Å². The lowest BCUT2D eigenvalue weighted by Gasteiger charge is -2.20. The number of aryl methyl sites for hydroxylation is 1. The van der Waals surface area contributed by atoms with Gasteiger partial charge in [0.1, 0.15) is 5.82 Å². The monoisotopic (exact) mass is 245 g/mol. The van der Waals surface area contributed by atoms with Crippen LogP contribution in [0, 0.1) is 0 Å². The molecule has 4 heteroatoms. The molecule has 0 fully saturated rings. The molecule has 96 valence electrons. The number of hydrogen-bond donors (Lipinski definition) is 1. The van der Waals surface area contributed by atoms with E-state index in [-0.39, 0.29) is 12.2 Å². The highest BCUT2D eigenvalue weighted by atomic mass is 16.1. The highest BCUT2D eigenvalue weighted by Crippen LogP contribution is 2.17. The second kappa shape index (κ2) is 4.53. The maximum absolute atomic E-state index is 12.1. The number of rotatable bonds is 4. The number of carbonyl (C=O) groups is 1. The Kier molecular flexibility index (Phi) is 3.22. The maximum Gasteiger partial charge on any atom is 0.159 e. The fourth-order valence-corrected chi connectivity index (χ4v) is 1.90. The van der Waals surface area contributed by atoms with E-state index < -0.39 is 5.54 Å². The molecule has 0 saturated carbocycles. The number of hydrogen-bond acceptors (Lipinski definition) is 3. The molecular weight excluding hydrogens is 226 g/mol. The minimum Gasteiger partial charge on any atom is -0.331 e. The Labute approximate surface area is 107 Å². The number of benzene rings is 1. The Morgan fingerprint density at radius 3 is 2.72 bits per heavy atom. The molecule has 2 rings (SSSR count). The van der Waals surface area contributed by atoms with Gasteiger partial charge >= 0.3 is 0 Å². The van der Waals surface area contributed by atoms with Gasteiger partial charge in [-0.1, -0.05) is 19.1 Å². The Morgan fingerprint density at radius 2 is 2.11 bits per heavy atom. The van der Waals surface area contributed by atoms with Gasteiger partial charge in [0.05, 0.1) is 23.0 Å². The molecule has 18 heavy (non-hydrogen) atoms. The van der Waals surface area contributed by atoms with Crippen molar-refractivity contribution in [3.05, 3.63) is 30.1 Å². The summed E-state index contributed by atoms with van der Waals surface area (Å²) in [5, 5.41) is 0. The van der Waals surface area contributed by atoms with Crippen molar-refractivity contribution in [2.45, 2.75) is 32.2 Å². The largest absolute Gasteiger partial charge is 0.331 e. The molecule has 0 aliphatic carbocycles. The van der Waals surface area contributed by atoms with E-state index in [2.05, 4.69) is 4.98 Å². The summed E-state index contributed by atoms with van der Waals surface area (Å²) >= 11 is 0. The predicted octanol–water partition coefficient (Wildman–Crippen LogP) is 1.81. The molecular formula is C14H19N3O. The fourth-order valence-electron chi connectivity index (χ4n) is 1.90. The second-order valence-corrected chi connectivity index (χ2v) is 4.95. The Morgan fingerprint density at radius 1 is 1.44 bits per heavy atom. The summed E-state index contributed by atoms with van der Waals surface area (Å²) in [7, 11) is 1.93. The molecule has 2 aromatic rings. The van der Waals surface area contributed by atoms with E-state index in [1.54, 1.807) is 6.92 Å². The van der Waals surface area contributed by atoms with Crippen LogP contribution in [-0.2, 0) is 18.3 Å². The van der Waals surface area contributed by atoms with Crippen molar-refractivity contribution in [2.24, 2.45) is 12.8 Å². The van der Waals surface area contributed by atoms with E-state index in [0.29, 0.717) is 6.42 Å². The SMILES string of the molecule is CCC(C)(N)C(=O)Cc1nc2ccccc2n1C. The van der Waals surface area contributed by atoms with Crippen LogP contribution in [0.2, 0.25) is 0 Å². The average molecular weight is 245 g/mol. The van der Waals surface area contributed by atoms with Crippen LogP contribution in [0.15, 0.2) is 24.3 Å². The van der Waals surface area contributed by atoms with Gasteiger partial charge < -0.3 is 10.3 Å². The van der Waals surface area contributed by atoms with Crippen molar-refractivity contribution in [1.29, 1.82) is 0 Å². The number of carbonyl (C=O) groups excluding carboxylic acids is 1. The van der Waals surface area contributed by atoms with Gasteiger partial charge in [0, 0.05) is 7.05 Å². The third-order valence-electron chi connectivity index (χ3n) is 3.57. The molecule has 0 amide bonds. The quantitative estimate of drug-likeness (QED) is 0.893. The number of para-hydroxylation sites is 2. The van der Waals surface area contributed by atoms with Crippen LogP contribution in [-0.4, -0.2) is 20.9 Å². The first-order valence-corrected chi connectivity index (χ1v) is 6.18. The number of Topliss-reactive ketones (excluding diaryl/α,β-unsaturated/α-hetero) is 1. The molecule has 0 spiro atoms. The van der Waals surface area contributed by atoms with Gasteiger partial charge in [-0.05, 0) is 25.5 Å². The van der Waals surface area contributed by atoms with Crippen molar-refractivity contribution >= 4 is 16.8 Å². The van der Waals surface area contributed by atoms with Gasteiger partial charge in [-0.25, -0.2) is 4.98 Å². The van der Waals surface area contributed by atoms with E-state index in [1.165, 1.54) is 0 Å². The summed E-state index contributed by atoms with van der Waals surface area (Å²) in [6.07, 6.45) is 0.918. The first kappa shape index (κ1) is 12.8. The van der Waals surface area contributed by atoms with E-state index in [0.717, 1.165) is 16.9 Å². The van der Waals surface area contributed by atoms with Gasteiger partial charge in [0.25, 0.3) is 0 Å². The van der Waals surface area contributed by atoms with Crippen LogP contribution < -0.4 is 5.73 Å². The van der Waals surface area contributed by atoms with Gasteiger partial charge in [-0.3, -0.25) is 4.79 Å². The molecule has 4 nitrogen and oxygen atoms in total. The highest BCUT2D eigenvalue weighted by Gasteiger charge is 2.27. The number of fused-ring (bicyclic) bond motifs is 1. The standard InChI is InChI=1S/C14H19N3O/c1-4-14(2,15)12(18)9-13-16-10-7-5-6-8-11(10)17(13)3/h5-8H,4,9,15H2,1-3H3. The van der Waals surface area contributed by atoms with Crippen LogP contribution >= 0.6 is 0 Å². The van der Waals surface area contributed by atoms with Crippen LogP contribution in [0.4, 0.5) is 0 Å². The summed E-state index contributed by atoms with van der Waals surface area (Å²) < 4.78 is 1.96. The molecule has 0 radical (unpaired) electrons. The molecule has 1 atom stereocenters. The van der Waals surface area contributed by atoms with Crippen molar-refractivity contribution in [2.75, 3.05) is 0 Å². The average Bonchev–Trinajstić information content (AvgIpc) is 2.67. The zero-order valence-electron chi connectivity index (χ0n) is 11.1. The molecule has 1 aromatic carbocycles.